The summed E-state index contributed by atoms with van der Waals surface area (Å²) in [6.07, 6.45) is 2.17. The molecule has 0 fully saturated rings. The number of aromatic nitrogens is 4. The van der Waals surface area contributed by atoms with E-state index in [4.69, 9.17) is 14.2 Å². The number of carbonyl (C=O) groups is 1. The molecule has 0 saturated carbocycles. The Morgan fingerprint density at radius 2 is 1.91 bits per heavy atom. The molecule has 0 aliphatic heterocycles. The summed E-state index contributed by atoms with van der Waals surface area (Å²) in [6, 6.07) is 7.09. The summed E-state index contributed by atoms with van der Waals surface area (Å²) in [4.78, 5) is 30.1. The van der Waals surface area contributed by atoms with E-state index in [-0.39, 0.29) is 12.2 Å². The summed E-state index contributed by atoms with van der Waals surface area (Å²) in [5, 5.41) is 4.48. The van der Waals surface area contributed by atoms with Crippen molar-refractivity contribution in [2.75, 3.05) is 13.2 Å². The van der Waals surface area contributed by atoms with E-state index in [0.717, 1.165) is 18.5 Å². The molecule has 0 N–H and O–H groups in total. The highest BCUT2D eigenvalue weighted by molar-refractivity contribution is 5.79. The smallest absolute Gasteiger partial charge is 0.350 e. The van der Waals surface area contributed by atoms with Gasteiger partial charge in [0, 0.05) is 13.1 Å². The molecule has 0 saturated heterocycles. The van der Waals surface area contributed by atoms with Crippen LogP contribution in [0.3, 0.4) is 0 Å². The summed E-state index contributed by atoms with van der Waals surface area (Å²) >= 11 is 0. The molecule has 1 aromatic carbocycles. The third-order valence-electron chi connectivity index (χ3n) is 5.80. The van der Waals surface area contributed by atoms with Crippen molar-refractivity contribution in [3.63, 3.8) is 0 Å². The van der Waals surface area contributed by atoms with Crippen molar-refractivity contribution in [1.29, 1.82) is 0 Å². The number of hydrogen-bond acceptors (Lipinski definition) is 7. The zero-order valence-corrected chi connectivity index (χ0v) is 20.9. The monoisotopic (exact) mass is 470 g/mol. The molecular formula is C25H34N4O5. The number of fused-ring (bicyclic) bond motifs is 1. The molecule has 2 aromatic heterocycles. The van der Waals surface area contributed by atoms with Gasteiger partial charge in [0.2, 0.25) is 5.60 Å². The maximum Gasteiger partial charge on any atom is 0.350 e. The number of hydrogen-bond donors (Lipinski definition) is 0. The summed E-state index contributed by atoms with van der Waals surface area (Å²) in [7, 11) is 1.77. The van der Waals surface area contributed by atoms with Crippen LogP contribution in [0.15, 0.2) is 29.1 Å². The van der Waals surface area contributed by atoms with E-state index in [2.05, 4.69) is 17.0 Å². The molecule has 0 radical (unpaired) electrons. The fraction of sp³-hybridized carbons (Fsp3) is 0.520. The van der Waals surface area contributed by atoms with Crippen molar-refractivity contribution in [3.8, 4) is 11.5 Å². The van der Waals surface area contributed by atoms with E-state index in [1.54, 1.807) is 54.4 Å². The summed E-state index contributed by atoms with van der Waals surface area (Å²) in [5.41, 5.74) is 0.813. The third-order valence-corrected chi connectivity index (χ3v) is 5.80. The molecule has 34 heavy (non-hydrogen) atoms. The molecule has 0 bridgehead atoms. The third kappa shape index (κ3) is 5.24. The van der Waals surface area contributed by atoms with Gasteiger partial charge in [-0.15, -0.1) is 0 Å². The molecule has 1 unspecified atom stereocenters. The second-order valence-electron chi connectivity index (χ2n) is 8.36. The van der Waals surface area contributed by atoms with E-state index >= 15 is 0 Å². The number of ether oxygens (including phenoxy) is 3. The zero-order valence-electron chi connectivity index (χ0n) is 20.9. The lowest BCUT2D eigenvalue weighted by Gasteiger charge is -2.27. The topological polar surface area (TPSA) is 97.5 Å². The molecule has 0 aliphatic rings. The van der Waals surface area contributed by atoms with Crippen LogP contribution < -0.4 is 15.0 Å². The highest BCUT2D eigenvalue weighted by Gasteiger charge is 2.35. The van der Waals surface area contributed by atoms with E-state index in [0.29, 0.717) is 47.9 Å². The van der Waals surface area contributed by atoms with Crippen molar-refractivity contribution in [1.82, 2.24) is 19.3 Å². The first-order valence-corrected chi connectivity index (χ1v) is 11.8. The van der Waals surface area contributed by atoms with Crippen molar-refractivity contribution in [2.24, 2.45) is 7.05 Å². The number of nitrogens with zero attached hydrogens (tertiary/aromatic N) is 4. The highest BCUT2D eigenvalue weighted by atomic mass is 16.6. The van der Waals surface area contributed by atoms with Gasteiger partial charge in [-0.3, -0.25) is 14.0 Å². The van der Waals surface area contributed by atoms with Gasteiger partial charge in [0.25, 0.3) is 5.56 Å². The first-order chi connectivity index (χ1) is 16.2. The Labute approximate surface area is 199 Å². The minimum Gasteiger partial charge on any atom is -0.492 e. The van der Waals surface area contributed by atoms with Gasteiger partial charge in [0.15, 0.2) is 5.52 Å². The lowest BCUT2D eigenvalue weighted by atomic mass is 10.0. The van der Waals surface area contributed by atoms with E-state index in [1.807, 2.05) is 13.8 Å². The summed E-state index contributed by atoms with van der Waals surface area (Å²) in [5.74, 6) is 1.30. The molecule has 9 heteroatoms. The number of aryl methyl sites for hydroxylation is 3. The molecule has 3 aromatic rings. The second kappa shape index (κ2) is 10.7. The quantitative estimate of drug-likeness (QED) is 0.395. The van der Waals surface area contributed by atoms with E-state index in [1.165, 1.54) is 0 Å². The SMILES string of the molecule is CCCc1nn(C)c2c(=O)n(CCOc3cccc(OC(C)(CC)C(=O)OCC)c3)c(C)nc12. The van der Waals surface area contributed by atoms with Gasteiger partial charge in [-0.1, -0.05) is 26.3 Å². The number of esters is 1. The fourth-order valence-corrected chi connectivity index (χ4v) is 3.78. The van der Waals surface area contributed by atoms with Crippen LogP contribution in [0.5, 0.6) is 11.5 Å². The highest BCUT2D eigenvalue weighted by Crippen LogP contribution is 2.26. The van der Waals surface area contributed by atoms with Crippen LogP contribution in [0.25, 0.3) is 11.0 Å². The van der Waals surface area contributed by atoms with Gasteiger partial charge < -0.3 is 14.2 Å². The van der Waals surface area contributed by atoms with Crippen LogP contribution in [-0.2, 0) is 29.5 Å². The standard InChI is InChI=1S/C25H34N4O5/c1-7-11-20-21-22(28(6)27-20)23(30)29(17(4)26-21)14-15-33-18-12-10-13-19(16-18)34-25(5,8-2)24(31)32-9-3/h10,12-13,16H,7-9,11,14-15H2,1-6H3. The Morgan fingerprint density at radius 1 is 1.18 bits per heavy atom. The lowest BCUT2D eigenvalue weighted by molar-refractivity contribution is -0.160. The summed E-state index contributed by atoms with van der Waals surface area (Å²) in [6.45, 7) is 10.1. The Bertz CT molecular complexity index is 1220. The average Bonchev–Trinajstić information content (AvgIpc) is 3.11. The maximum atomic E-state index is 13.1. The predicted octanol–water partition coefficient (Wildman–Crippen LogP) is 3.58. The largest absolute Gasteiger partial charge is 0.492 e. The molecule has 0 aliphatic carbocycles. The number of carbonyl (C=O) groups excluding carboxylic acids is 1. The molecule has 0 amide bonds. The van der Waals surface area contributed by atoms with Crippen LogP contribution in [-0.4, -0.2) is 44.1 Å². The van der Waals surface area contributed by atoms with Crippen molar-refractivity contribution in [3.05, 3.63) is 46.1 Å². The van der Waals surface area contributed by atoms with Gasteiger partial charge in [-0.05, 0) is 45.7 Å². The average molecular weight is 471 g/mol. The minimum atomic E-state index is -1.08. The minimum absolute atomic E-state index is 0.131. The first-order valence-electron chi connectivity index (χ1n) is 11.8. The first kappa shape index (κ1) is 25.3. The van der Waals surface area contributed by atoms with Gasteiger partial charge in [0.1, 0.15) is 29.4 Å². The Morgan fingerprint density at radius 3 is 2.59 bits per heavy atom. The van der Waals surface area contributed by atoms with Crippen molar-refractivity contribution >= 4 is 17.0 Å². The fourth-order valence-electron chi connectivity index (χ4n) is 3.78. The van der Waals surface area contributed by atoms with Crippen LogP contribution in [0.4, 0.5) is 0 Å². The lowest BCUT2D eigenvalue weighted by Crippen LogP contribution is -2.42. The Balaban J connectivity index is 1.73. The second-order valence-corrected chi connectivity index (χ2v) is 8.36. The van der Waals surface area contributed by atoms with Crippen molar-refractivity contribution in [2.45, 2.75) is 66.0 Å². The predicted molar refractivity (Wildman–Crippen MR) is 129 cm³/mol. The van der Waals surface area contributed by atoms with Crippen LogP contribution >= 0.6 is 0 Å². The maximum absolute atomic E-state index is 13.1. The van der Waals surface area contributed by atoms with E-state index in [9.17, 15) is 9.59 Å². The van der Waals surface area contributed by atoms with Gasteiger partial charge in [-0.25, -0.2) is 9.78 Å². The van der Waals surface area contributed by atoms with Gasteiger partial charge in [0.05, 0.1) is 18.8 Å². The van der Waals surface area contributed by atoms with Crippen LogP contribution in [0, 0.1) is 6.92 Å². The van der Waals surface area contributed by atoms with Crippen LogP contribution in [0.1, 0.15) is 52.1 Å². The van der Waals surface area contributed by atoms with Crippen LogP contribution in [0.2, 0.25) is 0 Å². The van der Waals surface area contributed by atoms with Crippen molar-refractivity contribution < 1.29 is 19.0 Å². The molecule has 9 nitrogen and oxygen atoms in total. The Hall–Kier alpha value is -3.36. The zero-order chi connectivity index (χ0) is 24.9. The number of rotatable bonds is 11. The number of benzene rings is 1. The van der Waals surface area contributed by atoms with Gasteiger partial charge >= 0.3 is 5.97 Å². The molecule has 184 valence electrons. The molecular weight excluding hydrogens is 436 g/mol. The molecule has 3 rings (SSSR count). The molecule has 1 atom stereocenters. The normalized spacial score (nSPS) is 13.0. The molecule has 2 heterocycles. The summed E-state index contributed by atoms with van der Waals surface area (Å²) < 4.78 is 20.2. The molecule has 0 spiro atoms. The Kier molecular flexibility index (Phi) is 7.96. The van der Waals surface area contributed by atoms with Gasteiger partial charge in [-0.2, -0.15) is 5.10 Å². The van der Waals surface area contributed by atoms with E-state index < -0.39 is 11.6 Å².